The minimum absolute atomic E-state index is 0.398. The Hall–Kier alpha value is -0.0400. The standard InChI is InChI=1S/C27H57N/c1-3-4-5-6-7-8-9-10-11-12-13-14-15-16-17-18-19-20-21-22-23-24-25-26-27(2)28/h27H,3-26,28H2,1-2H3/t27-/m0/s1. The molecule has 0 fully saturated rings. The van der Waals surface area contributed by atoms with Gasteiger partial charge in [0.05, 0.1) is 0 Å². The van der Waals surface area contributed by atoms with Crippen LogP contribution >= 0.6 is 0 Å². The third kappa shape index (κ3) is 26.0. The molecular weight excluding hydrogens is 338 g/mol. The van der Waals surface area contributed by atoms with Gasteiger partial charge in [-0.05, 0) is 13.3 Å². The molecule has 1 nitrogen and oxygen atoms in total. The van der Waals surface area contributed by atoms with Crippen LogP contribution in [0.2, 0.25) is 0 Å². The second kappa shape index (κ2) is 25.0. The molecule has 1 atom stereocenters. The molecule has 28 heavy (non-hydrogen) atoms. The normalized spacial score (nSPS) is 12.5. The quantitative estimate of drug-likeness (QED) is 0.162. The van der Waals surface area contributed by atoms with Crippen LogP contribution in [0.5, 0.6) is 0 Å². The first-order valence-electron chi connectivity index (χ1n) is 13.5. The Morgan fingerprint density at radius 3 is 0.821 bits per heavy atom. The van der Waals surface area contributed by atoms with Crippen LogP contribution in [-0.2, 0) is 0 Å². The van der Waals surface area contributed by atoms with Crippen LogP contribution < -0.4 is 5.73 Å². The van der Waals surface area contributed by atoms with Gasteiger partial charge in [0.15, 0.2) is 0 Å². The zero-order valence-electron chi connectivity index (χ0n) is 20.1. The molecule has 0 aliphatic heterocycles. The lowest BCUT2D eigenvalue weighted by Gasteiger charge is -2.05. The molecule has 0 aliphatic carbocycles. The maximum absolute atomic E-state index is 5.78. The van der Waals surface area contributed by atoms with E-state index in [2.05, 4.69) is 13.8 Å². The monoisotopic (exact) mass is 395 g/mol. The van der Waals surface area contributed by atoms with E-state index in [1.165, 1.54) is 154 Å². The van der Waals surface area contributed by atoms with E-state index in [-0.39, 0.29) is 0 Å². The summed E-state index contributed by atoms with van der Waals surface area (Å²) in [7, 11) is 0. The van der Waals surface area contributed by atoms with Crippen LogP contribution in [0.15, 0.2) is 0 Å². The first-order valence-corrected chi connectivity index (χ1v) is 13.5. The fraction of sp³-hybridized carbons (Fsp3) is 1.00. The van der Waals surface area contributed by atoms with E-state index in [1.807, 2.05) is 0 Å². The van der Waals surface area contributed by atoms with Gasteiger partial charge in [-0.2, -0.15) is 0 Å². The Morgan fingerprint density at radius 1 is 0.393 bits per heavy atom. The molecule has 170 valence electrons. The molecule has 0 aliphatic rings. The summed E-state index contributed by atoms with van der Waals surface area (Å²) in [6.07, 6.45) is 34.7. The maximum Gasteiger partial charge on any atom is 0.00104 e. The molecule has 0 aromatic carbocycles. The molecule has 0 saturated carbocycles. The second-order valence-corrected chi connectivity index (χ2v) is 9.54. The average molecular weight is 396 g/mol. The van der Waals surface area contributed by atoms with Crippen molar-refractivity contribution in [3.63, 3.8) is 0 Å². The molecule has 0 amide bonds. The molecule has 0 aromatic rings. The first-order chi connectivity index (χ1) is 13.8. The fourth-order valence-corrected chi connectivity index (χ4v) is 4.25. The molecule has 0 heterocycles. The highest BCUT2D eigenvalue weighted by molar-refractivity contribution is 4.54. The van der Waals surface area contributed by atoms with Crippen molar-refractivity contribution in [1.82, 2.24) is 0 Å². The minimum Gasteiger partial charge on any atom is -0.328 e. The van der Waals surface area contributed by atoms with E-state index < -0.39 is 0 Å². The van der Waals surface area contributed by atoms with Crippen LogP contribution in [-0.4, -0.2) is 6.04 Å². The number of hydrogen-bond donors (Lipinski definition) is 1. The molecule has 2 N–H and O–H groups in total. The summed E-state index contributed by atoms with van der Waals surface area (Å²) in [5.41, 5.74) is 5.78. The summed E-state index contributed by atoms with van der Waals surface area (Å²) in [5, 5.41) is 0. The SMILES string of the molecule is CCCCCCCCCCCCCCCCCCCCCCCCC[C@H](C)N. The van der Waals surface area contributed by atoms with Gasteiger partial charge in [-0.25, -0.2) is 0 Å². The third-order valence-electron chi connectivity index (χ3n) is 6.26. The van der Waals surface area contributed by atoms with Gasteiger partial charge in [0.2, 0.25) is 0 Å². The fourth-order valence-electron chi connectivity index (χ4n) is 4.25. The van der Waals surface area contributed by atoms with E-state index in [9.17, 15) is 0 Å². The summed E-state index contributed by atoms with van der Waals surface area (Å²) in [4.78, 5) is 0. The highest BCUT2D eigenvalue weighted by Gasteiger charge is 1.97. The van der Waals surface area contributed by atoms with E-state index in [1.54, 1.807) is 0 Å². The topological polar surface area (TPSA) is 26.0 Å². The van der Waals surface area contributed by atoms with Crippen molar-refractivity contribution in [3.05, 3.63) is 0 Å². The van der Waals surface area contributed by atoms with Crippen molar-refractivity contribution in [1.29, 1.82) is 0 Å². The van der Waals surface area contributed by atoms with Gasteiger partial charge in [-0.3, -0.25) is 0 Å². The molecule has 1 heteroatoms. The largest absolute Gasteiger partial charge is 0.328 e. The predicted octanol–water partition coefficient (Wildman–Crippen LogP) is 9.72. The highest BCUT2D eigenvalue weighted by atomic mass is 14.6. The molecule has 0 unspecified atom stereocenters. The lowest BCUT2D eigenvalue weighted by molar-refractivity contribution is 0.514. The lowest BCUT2D eigenvalue weighted by Crippen LogP contribution is -2.13. The molecule has 0 saturated heterocycles. The number of nitrogens with two attached hydrogens (primary N) is 1. The number of hydrogen-bond acceptors (Lipinski definition) is 1. The molecule has 0 radical (unpaired) electrons. The zero-order valence-corrected chi connectivity index (χ0v) is 20.1. The van der Waals surface area contributed by atoms with Crippen LogP contribution in [0.1, 0.15) is 168 Å². The summed E-state index contributed by atoms with van der Waals surface area (Å²) < 4.78 is 0. The van der Waals surface area contributed by atoms with Gasteiger partial charge in [0.25, 0.3) is 0 Å². The number of unbranched alkanes of at least 4 members (excludes halogenated alkanes) is 22. The highest BCUT2D eigenvalue weighted by Crippen LogP contribution is 2.15. The van der Waals surface area contributed by atoms with Crippen molar-refractivity contribution in [2.45, 2.75) is 174 Å². The van der Waals surface area contributed by atoms with Crippen molar-refractivity contribution in [2.75, 3.05) is 0 Å². The maximum atomic E-state index is 5.78. The van der Waals surface area contributed by atoms with Gasteiger partial charge >= 0.3 is 0 Å². The summed E-state index contributed by atoms with van der Waals surface area (Å²) in [6, 6.07) is 0.398. The summed E-state index contributed by atoms with van der Waals surface area (Å²) >= 11 is 0. The Kier molecular flexibility index (Phi) is 25.0. The van der Waals surface area contributed by atoms with Crippen molar-refractivity contribution >= 4 is 0 Å². The van der Waals surface area contributed by atoms with Crippen LogP contribution in [0.25, 0.3) is 0 Å². The predicted molar refractivity (Wildman–Crippen MR) is 130 cm³/mol. The van der Waals surface area contributed by atoms with E-state index >= 15 is 0 Å². The van der Waals surface area contributed by atoms with Gasteiger partial charge in [-0.1, -0.05) is 155 Å². The van der Waals surface area contributed by atoms with E-state index in [0.29, 0.717) is 6.04 Å². The Balaban J connectivity index is 2.98. The second-order valence-electron chi connectivity index (χ2n) is 9.54. The smallest absolute Gasteiger partial charge is 0.00104 e. The molecule has 0 rings (SSSR count). The summed E-state index contributed by atoms with van der Waals surface area (Å²) in [5.74, 6) is 0. The zero-order chi connectivity index (χ0) is 20.5. The Bertz CT molecular complexity index is 261. The van der Waals surface area contributed by atoms with Gasteiger partial charge in [0.1, 0.15) is 0 Å². The molecule has 0 bridgehead atoms. The molecule has 0 spiro atoms. The van der Waals surface area contributed by atoms with Crippen molar-refractivity contribution in [2.24, 2.45) is 5.73 Å². The van der Waals surface area contributed by atoms with Crippen molar-refractivity contribution < 1.29 is 0 Å². The number of rotatable bonds is 24. The first kappa shape index (κ1) is 28.0. The molecule has 0 aromatic heterocycles. The Labute approximate surface area is 180 Å². The minimum atomic E-state index is 0.398. The van der Waals surface area contributed by atoms with Crippen LogP contribution in [0.4, 0.5) is 0 Å². The van der Waals surface area contributed by atoms with E-state index in [0.717, 1.165) is 0 Å². The van der Waals surface area contributed by atoms with E-state index in [4.69, 9.17) is 5.73 Å². The summed E-state index contributed by atoms with van der Waals surface area (Å²) in [6.45, 7) is 4.42. The van der Waals surface area contributed by atoms with Gasteiger partial charge < -0.3 is 5.73 Å². The van der Waals surface area contributed by atoms with Gasteiger partial charge in [-0.15, -0.1) is 0 Å². The van der Waals surface area contributed by atoms with Crippen molar-refractivity contribution in [3.8, 4) is 0 Å². The van der Waals surface area contributed by atoms with Gasteiger partial charge in [0, 0.05) is 6.04 Å². The van der Waals surface area contributed by atoms with Crippen LogP contribution in [0, 0.1) is 0 Å². The lowest BCUT2D eigenvalue weighted by atomic mass is 10.0. The Morgan fingerprint density at radius 2 is 0.607 bits per heavy atom. The average Bonchev–Trinajstić information content (AvgIpc) is 2.68. The molecular formula is C27H57N. The van der Waals surface area contributed by atoms with Crippen LogP contribution in [0.3, 0.4) is 0 Å². The third-order valence-corrected chi connectivity index (χ3v) is 6.26.